The number of rotatable bonds is 8. The van der Waals surface area contributed by atoms with E-state index >= 15 is 0 Å². The molecule has 0 saturated carbocycles. The molecule has 2 aromatic heterocycles. The fourth-order valence-corrected chi connectivity index (χ4v) is 3.20. The van der Waals surface area contributed by atoms with Crippen molar-refractivity contribution in [2.75, 3.05) is 27.9 Å². The highest BCUT2D eigenvalue weighted by Crippen LogP contribution is 2.38. The molecule has 0 aliphatic rings. The Balaban J connectivity index is 1.74. The summed E-state index contributed by atoms with van der Waals surface area (Å²) in [5.41, 5.74) is 3.98. The van der Waals surface area contributed by atoms with Gasteiger partial charge in [-0.05, 0) is 43.7 Å². The summed E-state index contributed by atoms with van der Waals surface area (Å²) in [5, 5.41) is 6.61. The molecule has 30 heavy (non-hydrogen) atoms. The van der Waals surface area contributed by atoms with Gasteiger partial charge in [0.1, 0.15) is 5.65 Å². The number of nitrogens with one attached hydrogen (secondary N) is 2. The Morgan fingerprint density at radius 2 is 1.80 bits per heavy atom. The largest absolute Gasteiger partial charge is 0.493 e. The maximum atomic E-state index is 5.42. The second kappa shape index (κ2) is 9.87. The van der Waals surface area contributed by atoms with Gasteiger partial charge in [-0.3, -0.25) is 0 Å². The van der Waals surface area contributed by atoms with Crippen molar-refractivity contribution in [3.63, 3.8) is 0 Å². The molecule has 160 valence electrons. The number of pyridine rings is 1. The molecule has 3 aromatic rings. The Morgan fingerprint density at radius 3 is 2.40 bits per heavy atom. The number of aliphatic imine (C=N–C) groups is 1. The van der Waals surface area contributed by atoms with Crippen LogP contribution in [0, 0.1) is 6.92 Å². The Kier molecular flexibility index (Phi) is 7.00. The van der Waals surface area contributed by atoms with E-state index in [0.717, 1.165) is 29.1 Å². The molecular formula is C22H29N5O3. The van der Waals surface area contributed by atoms with Crippen LogP contribution in [0.3, 0.4) is 0 Å². The normalized spacial score (nSPS) is 11.4. The zero-order chi connectivity index (χ0) is 21.5. The van der Waals surface area contributed by atoms with Gasteiger partial charge in [-0.1, -0.05) is 6.07 Å². The van der Waals surface area contributed by atoms with E-state index in [4.69, 9.17) is 14.2 Å². The lowest BCUT2D eigenvalue weighted by molar-refractivity contribution is 0.324. The number of ether oxygens (including phenoxy) is 3. The molecule has 0 amide bonds. The molecule has 0 aliphatic heterocycles. The van der Waals surface area contributed by atoms with E-state index < -0.39 is 0 Å². The van der Waals surface area contributed by atoms with Crippen LogP contribution in [0.1, 0.15) is 23.9 Å². The summed E-state index contributed by atoms with van der Waals surface area (Å²) in [6.07, 6.45) is 2.04. The van der Waals surface area contributed by atoms with Crippen molar-refractivity contribution in [1.82, 2.24) is 20.0 Å². The first kappa shape index (κ1) is 21.3. The van der Waals surface area contributed by atoms with E-state index in [-0.39, 0.29) is 0 Å². The minimum absolute atomic E-state index is 0.455. The van der Waals surface area contributed by atoms with E-state index in [0.29, 0.717) is 36.3 Å². The van der Waals surface area contributed by atoms with Crippen LogP contribution in [0.4, 0.5) is 0 Å². The molecule has 0 spiro atoms. The van der Waals surface area contributed by atoms with Crippen LogP contribution in [-0.2, 0) is 13.1 Å². The fraction of sp³-hybridized carbons (Fsp3) is 0.364. The van der Waals surface area contributed by atoms with Gasteiger partial charge in [-0.15, -0.1) is 0 Å². The predicted molar refractivity (Wildman–Crippen MR) is 118 cm³/mol. The van der Waals surface area contributed by atoms with Crippen LogP contribution in [0.25, 0.3) is 5.65 Å². The lowest BCUT2D eigenvalue weighted by atomic mass is 10.2. The van der Waals surface area contributed by atoms with E-state index in [1.807, 2.05) is 37.4 Å². The van der Waals surface area contributed by atoms with Crippen molar-refractivity contribution in [3.05, 3.63) is 53.5 Å². The standard InChI is InChI=1S/C22H29N5O3/c1-6-23-22(25-13-17-14-27-15(2)8-7-9-20(27)26-17)24-12-16-10-18(28-3)21(30-5)19(11-16)29-4/h7-11,14H,6,12-13H2,1-5H3,(H2,23,24,25). The number of methoxy groups -OCH3 is 3. The Hall–Kier alpha value is -3.42. The lowest BCUT2D eigenvalue weighted by Crippen LogP contribution is -2.36. The van der Waals surface area contributed by atoms with Gasteiger partial charge in [0.05, 0.1) is 40.1 Å². The molecule has 0 aliphatic carbocycles. The van der Waals surface area contributed by atoms with Crippen LogP contribution in [0.5, 0.6) is 17.2 Å². The van der Waals surface area contributed by atoms with Crippen molar-refractivity contribution >= 4 is 11.6 Å². The van der Waals surface area contributed by atoms with Gasteiger partial charge in [0.15, 0.2) is 17.5 Å². The smallest absolute Gasteiger partial charge is 0.203 e. The monoisotopic (exact) mass is 411 g/mol. The molecule has 0 saturated heterocycles. The Morgan fingerprint density at radius 1 is 1.07 bits per heavy atom. The van der Waals surface area contributed by atoms with Crippen molar-refractivity contribution in [3.8, 4) is 17.2 Å². The van der Waals surface area contributed by atoms with Crippen molar-refractivity contribution in [1.29, 1.82) is 0 Å². The molecule has 8 nitrogen and oxygen atoms in total. The number of benzene rings is 1. The van der Waals surface area contributed by atoms with Crippen LogP contribution < -0.4 is 24.8 Å². The second-order valence-corrected chi connectivity index (χ2v) is 6.71. The maximum Gasteiger partial charge on any atom is 0.203 e. The number of fused-ring (bicyclic) bond motifs is 1. The highest BCUT2D eigenvalue weighted by atomic mass is 16.5. The quantitative estimate of drug-likeness (QED) is 0.438. The third-order valence-electron chi connectivity index (χ3n) is 4.67. The molecule has 0 bridgehead atoms. The van der Waals surface area contributed by atoms with Gasteiger partial charge < -0.3 is 29.2 Å². The molecule has 0 unspecified atom stereocenters. The number of aromatic nitrogens is 2. The first-order valence-electron chi connectivity index (χ1n) is 9.84. The summed E-state index contributed by atoms with van der Waals surface area (Å²) in [6, 6.07) is 9.88. The predicted octanol–water partition coefficient (Wildman–Crippen LogP) is 2.92. The van der Waals surface area contributed by atoms with Crippen LogP contribution in [0.2, 0.25) is 0 Å². The summed E-state index contributed by atoms with van der Waals surface area (Å²) in [5.74, 6) is 2.50. The molecule has 0 radical (unpaired) electrons. The van der Waals surface area contributed by atoms with Crippen LogP contribution in [-0.4, -0.2) is 43.2 Å². The van der Waals surface area contributed by atoms with Gasteiger partial charge in [-0.25, -0.2) is 9.98 Å². The third-order valence-corrected chi connectivity index (χ3v) is 4.67. The molecule has 1 aromatic carbocycles. The highest BCUT2D eigenvalue weighted by Gasteiger charge is 2.13. The number of aryl methyl sites for hydroxylation is 1. The van der Waals surface area contributed by atoms with Crippen LogP contribution >= 0.6 is 0 Å². The minimum atomic E-state index is 0.455. The van der Waals surface area contributed by atoms with Gasteiger partial charge in [0.2, 0.25) is 5.75 Å². The van der Waals surface area contributed by atoms with E-state index in [1.54, 1.807) is 21.3 Å². The van der Waals surface area contributed by atoms with Gasteiger partial charge >= 0.3 is 0 Å². The molecule has 0 atom stereocenters. The molecule has 2 heterocycles. The minimum Gasteiger partial charge on any atom is -0.493 e. The fourth-order valence-electron chi connectivity index (χ4n) is 3.20. The van der Waals surface area contributed by atoms with Gasteiger partial charge in [0, 0.05) is 18.4 Å². The average Bonchev–Trinajstić information content (AvgIpc) is 3.19. The Bertz CT molecular complexity index is 1000. The molecular weight excluding hydrogens is 382 g/mol. The first-order valence-corrected chi connectivity index (χ1v) is 9.84. The summed E-state index contributed by atoms with van der Waals surface area (Å²) >= 11 is 0. The first-order chi connectivity index (χ1) is 14.6. The highest BCUT2D eigenvalue weighted by molar-refractivity contribution is 5.79. The lowest BCUT2D eigenvalue weighted by Gasteiger charge is -2.14. The third kappa shape index (κ3) is 4.76. The number of guanidine groups is 1. The zero-order valence-electron chi connectivity index (χ0n) is 18.2. The molecule has 2 N–H and O–H groups in total. The summed E-state index contributed by atoms with van der Waals surface area (Å²) in [6.45, 7) is 5.88. The summed E-state index contributed by atoms with van der Waals surface area (Å²) in [4.78, 5) is 9.34. The van der Waals surface area contributed by atoms with Crippen molar-refractivity contribution in [2.24, 2.45) is 4.99 Å². The van der Waals surface area contributed by atoms with Gasteiger partial charge in [-0.2, -0.15) is 0 Å². The van der Waals surface area contributed by atoms with E-state index in [2.05, 4.69) is 38.0 Å². The number of hydrogen-bond acceptors (Lipinski definition) is 5. The Labute approximate surface area is 176 Å². The zero-order valence-corrected chi connectivity index (χ0v) is 18.2. The molecule has 0 fully saturated rings. The van der Waals surface area contributed by atoms with Crippen molar-refractivity contribution < 1.29 is 14.2 Å². The summed E-state index contributed by atoms with van der Waals surface area (Å²) < 4.78 is 18.3. The van der Waals surface area contributed by atoms with E-state index in [9.17, 15) is 0 Å². The number of nitrogens with zero attached hydrogens (tertiary/aromatic N) is 3. The van der Waals surface area contributed by atoms with Crippen LogP contribution in [0.15, 0.2) is 41.5 Å². The number of imidazole rings is 1. The topological polar surface area (TPSA) is 81.4 Å². The van der Waals surface area contributed by atoms with E-state index in [1.165, 1.54) is 0 Å². The van der Waals surface area contributed by atoms with Crippen molar-refractivity contribution in [2.45, 2.75) is 26.9 Å². The molecule has 3 rings (SSSR count). The second-order valence-electron chi connectivity index (χ2n) is 6.71. The SMILES string of the molecule is CCNC(=NCc1cc(OC)c(OC)c(OC)c1)NCc1cn2c(C)cccc2n1. The number of hydrogen-bond donors (Lipinski definition) is 2. The summed E-state index contributed by atoms with van der Waals surface area (Å²) in [7, 11) is 4.80. The average molecular weight is 412 g/mol. The maximum absolute atomic E-state index is 5.42. The molecule has 8 heteroatoms. The van der Waals surface area contributed by atoms with Gasteiger partial charge in [0.25, 0.3) is 0 Å².